The average Bonchev–Trinajstić information content (AvgIpc) is 3.06. The van der Waals surface area contributed by atoms with E-state index in [-0.39, 0.29) is 11.2 Å². The number of nitriles is 1. The topological polar surface area (TPSA) is 78.7 Å². The number of carbonyl (C=O) groups excluding carboxylic acids is 1. The van der Waals surface area contributed by atoms with Crippen LogP contribution in [-0.4, -0.2) is 21.1 Å². The molecule has 28 heavy (non-hydrogen) atoms. The minimum atomic E-state index is -0.345. The van der Waals surface area contributed by atoms with E-state index in [0.717, 1.165) is 28.1 Å². The van der Waals surface area contributed by atoms with Crippen LogP contribution in [0, 0.1) is 17.2 Å². The second kappa shape index (κ2) is 7.90. The first-order valence-corrected chi connectivity index (χ1v) is 11.0. The smallest absolute Gasteiger partial charge is 0.237 e. The van der Waals surface area contributed by atoms with Crippen LogP contribution in [0.4, 0.5) is 5.69 Å². The molecule has 0 saturated heterocycles. The first kappa shape index (κ1) is 18.9. The molecule has 0 fully saturated rings. The molecule has 1 aliphatic rings. The predicted molar refractivity (Wildman–Crippen MR) is 114 cm³/mol. The van der Waals surface area contributed by atoms with Crippen molar-refractivity contribution >= 4 is 44.9 Å². The Kier molecular flexibility index (Phi) is 5.33. The lowest BCUT2D eigenvalue weighted by atomic mass is 9.89. The van der Waals surface area contributed by atoms with E-state index in [2.05, 4.69) is 28.3 Å². The summed E-state index contributed by atoms with van der Waals surface area (Å²) in [5, 5.41) is 13.7. The quantitative estimate of drug-likeness (QED) is 0.495. The third-order valence-corrected chi connectivity index (χ3v) is 7.28. The number of aromatic nitrogens is 2. The number of nitrogens with one attached hydrogen (secondary N) is 1. The van der Waals surface area contributed by atoms with E-state index in [1.54, 1.807) is 41.9 Å². The summed E-state index contributed by atoms with van der Waals surface area (Å²) in [7, 11) is 0. The Morgan fingerprint density at radius 1 is 1.39 bits per heavy atom. The average molecular weight is 409 g/mol. The van der Waals surface area contributed by atoms with Crippen LogP contribution < -0.4 is 5.32 Å². The van der Waals surface area contributed by atoms with Gasteiger partial charge in [0, 0.05) is 10.3 Å². The van der Waals surface area contributed by atoms with E-state index in [4.69, 9.17) is 0 Å². The van der Waals surface area contributed by atoms with E-state index >= 15 is 0 Å². The van der Waals surface area contributed by atoms with Crippen molar-refractivity contribution in [3.05, 3.63) is 46.6 Å². The van der Waals surface area contributed by atoms with E-state index in [1.165, 1.54) is 28.6 Å². The summed E-state index contributed by atoms with van der Waals surface area (Å²) in [4.78, 5) is 24.1. The van der Waals surface area contributed by atoms with E-state index in [9.17, 15) is 10.1 Å². The normalized spacial score (nSPS) is 17.0. The largest absolute Gasteiger partial charge is 0.324 e. The minimum Gasteiger partial charge on any atom is -0.324 e. The Labute approximate surface area is 172 Å². The van der Waals surface area contributed by atoms with Crippen LogP contribution >= 0.6 is 23.1 Å². The number of hydrogen-bond acceptors (Lipinski definition) is 6. The molecule has 2 heterocycles. The second-order valence-electron chi connectivity index (χ2n) is 7.12. The van der Waals surface area contributed by atoms with E-state index in [0.29, 0.717) is 17.2 Å². The maximum absolute atomic E-state index is 12.7. The van der Waals surface area contributed by atoms with Gasteiger partial charge in [0.1, 0.15) is 22.3 Å². The van der Waals surface area contributed by atoms with Crippen LogP contribution in [0.3, 0.4) is 0 Å². The van der Waals surface area contributed by atoms with Crippen LogP contribution in [0.2, 0.25) is 0 Å². The van der Waals surface area contributed by atoms with Gasteiger partial charge in [-0.1, -0.05) is 30.8 Å². The molecule has 0 spiro atoms. The molecule has 0 unspecified atom stereocenters. The second-order valence-corrected chi connectivity index (χ2v) is 9.53. The molecule has 0 bridgehead atoms. The van der Waals surface area contributed by atoms with Crippen molar-refractivity contribution in [2.75, 3.05) is 5.32 Å². The Morgan fingerprint density at radius 2 is 2.21 bits per heavy atom. The van der Waals surface area contributed by atoms with Gasteiger partial charge in [-0.2, -0.15) is 5.26 Å². The van der Waals surface area contributed by atoms with Crippen molar-refractivity contribution in [3.63, 3.8) is 0 Å². The highest BCUT2D eigenvalue weighted by atomic mass is 32.2. The summed E-state index contributed by atoms with van der Waals surface area (Å²) in [5.41, 5.74) is 2.36. The van der Waals surface area contributed by atoms with Crippen LogP contribution in [0.1, 0.15) is 36.3 Å². The molecule has 2 atom stereocenters. The first-order valence-electron chi connectivity index (χ1n) is 9.28. The Balaban J connectivity index is 1.58. The molecule has 0 radical (unpaired) electrons. The van der Waals surface area contributed by atoms with E-state index < -0.39 is 0 Å². The highest BCUT2D eigenvalue weighted by Crippen LogP contribution is 2.41. The Morgan fingerprint density at radius 3 is 3.04 bits per heavy atom. The molecule has 1 N–H and O–H groups in total. The van der Waals surface area contributed by atoms with Crippen molar-refractivity contribution in [1.29, 1.82) is 5.26 Å². The van der Waals surface area contributed by atoms with Crippen LogP contribution in [0.15, 0.2) is 35.6 Å². The standard InChI is InChI=1S/C21H20N4OS2/c1-12-7-8-15-17(9-12)28-21-18(15)20(23-11-24-21)27-13(2)19(26)25-16-6-4-3-5-14(16)10-22/h3-6,11-13H,7-9H2,1-2H3,(H,25,26)/t12-,13+/m0/s1. The number of nitrogens with zero attached hydrogens (tertiary/aromatic N) is 3. The highest BCUT2D eigenvalue weighted by molar-refractivity contribution is 8.00. The monoisotopic (exact) mass is 408 g/mol. The van der Waals surface area contributed by atoms with Gasteiger partial charge in [-0.3, -0.25) is 4.79 Å². The summed E-state index contributed by atoms with van der Waals surface area (Å²) in [5.74, 6) is 0.562. The summed E-state index contributed by atoms with van der Waals surface area (Å²) >= 11 is 3.21. The zero-order chi connectivity index (χ0) is 19.7. The summed E-state index contributed by atoms with van der Waals surface area (Å²) in [6.07, 6.45) is 4.92. The third-order valence-electron chi connectivity index (χ3n) is 5.02. The minimum absolute atomic E-state index is 0.141. The number of anilines is 1. The molecule has 4 rings (SSSR count). The number of carbonyl (C=O) groups is 1. The van der Waals surface area contributed by atoms with Crippen molar-refractivity contribution < 1.29 is 4.79 Å². The SMILES string of the molecule is C[C@H]1CCc2c(sc3ncnc(S[C@H](C)C(=O)Nc4ccccc4C#N)c23)C1. The fraction of sp³-hybridized carbons (Fsp3) is 0.333. The van der Waals surface area contributed by atoms with Crippen LogP contribution in [-0.2, 0) is 17.6 Å². The number of para-hydroxylation sites is 1. The predicted octanol–water partition coefficient (Wildman–Crippen LogP) is 4.81. The highest BCUT2D eigenvalue weighted by Gasteiger charge is 2.25. The van der Waals surface area contributed by atoms with Gasteiger partial charge in [0.2, 0.25) is 5.91 Å². The zero-order valence-corrected chi connectivity index (χ0v) is 17.4. The van der Waals surface area contributed by atoms with Crippen molar-refractivity contribution in [3.8, 4) is 6.07 Å². The molecule has 5 nitrogen and oxygen atoms in total. The molecule has 0 saturated carbocycles. The maximum atomic E-state index is 12.7. The van der Waals surface area contributed by atoms with E-state index in [1.807, 2.05) is 6.92 Å². The zero-order valence-electron chi connectivity index (χ0n) is 15.7. The molecule has 1 aliphatic carbocycles. The van der Waals surface area contributed by atoms with Crippen molar-refractivity contribution in [2.24, 2.45) is 5.92 Å². The molecule has 1 amide bonds. The van der Waals surface area contributed by atoms with Gasteiger partial charge >= 0.3 is 0 Å². The summed E-state index contributed by atoms with van der Waals surface area (Å²) in [6, 6.07) is 9.13. The maximum Gasteiger partial charge on any atom is 0.237 e. The molecule has 0 aliphatic heterocycles. The van der Waals surface area contributed by atoms with Gasteiger partial charge in [-0.15, -0.1) is 11.3 Å². The number of thiophene rings is 1. The van der Waals surface area contributed by atoms with Gasteiger partial charge in [0.15, 0.2) is 0 Å². The fourth-order valence-electron chi connectivity index (χ4n) is 3.48. The number of fused-ring (bicyclic) bond motifs is 3. The summed E-state index contributed by atoms with van der Waals surface area (Å²) in [6.45, 7) is 4.16. The number of rotatable bonds is 4. The number of aryl methyl sites for hydroxylation is 1. The number of hydrogen-bond donors (Lipinski definition) is 1. The Bertz CT molecular complexity index is 1090. The molecule has 7 heteroatoms. The number of amides is 1. The van der Waals surface area contributed by atoms with Gasteiger partial charge in [-0.25, -0.2) is 9.97 Å². The van der Waals surface area contributed by atoms with Gasteiger partial charge in [-0.05, 0) is 49.8 Å². The lowest BCUT2D eigenvalue weighted by molar-refractivity contribution is -0.115. The third kappa shape index (κ3) is 3.62. The lowest BCUT2D eigenvalue weighted by Crippen LogP contribution is -2.23. The molecule has 142 valence electrons. The summed E-state index contributed by atoms with van der Waals surface area (Å²) < 4.78 is 0. The molecular weight excluding hydrogens is 388 g/mol. The lowest BCUT2D eigenvalue weighted by Gasteiger charge is -2.18. The van der Waals surface area contributed by atoms with Crippen LogP contribution in [0.5, 0.6) is 0 Å². The van der Waals surface area contributed by atoms with Crippen molar-refractivity contribution in [2.45, 2.75) is 43.4 Å². The Hall–Kier alpha value is -2.43. The van der Waals surface area contributed by atoms with Gasteiger partial charge in [0.25, 0.3) is 0 Å². The number of benzene rings is 1. The molecule has 2 aromatic heterocycles. The van der Waals surface area contributed by atoms with Gasteiger partial charge in [0.05, 0.1) is 16.5 Å². The fourth-order valence-corrected chi connectivity index (χ4v) is 5.84. The van der Waals surface area contributed by atoms with Crippen LogP contribution in [0.25, 0.3) is 10.2 Å². The first-order chi connectivity index (χ1) is 13.6. The van der Waals surface area contributed by atoms with Crippen molar-refractivity contribution in [1.82, 2.24) is 9.97 Å². The molecule has 1 aromatic carbocycles. The van der Waals surface area contributed by atoms with Gasteiger partial charge < -0.3 is 5.32 Å². The molecule has 3 aromatic rings. The number of thioether (sulfide) groups is 1. The molecular formula is C21H20N4OS2.